The van der Waals surface area contributed by atoms with Gasteiger partial charge in [-0.25, -0.2) is 0 Å². The highest BCUT2D eigenvalue weighted by atomic mass is 32.1. The molecule has 0 spiro atoms. The maximum atomic E-state index is 11.6. The first-order valence-electron chi connectivity index (χ1n) is 5.21. The summed E-state index contributed by atoms with van der Waals surface area (Å²) in [5, 5.41) is 2.76. The van der Waals surface area contributed by atoms with Crippen LogP contribution >= 0.6 is 12.2 Å². The van der Waals surface area contributed by atoms with Crippen molar-refractivity contribution >= 4 is 18.1 Å². The van der Waals surface area contributed by atoms with Crippen LogP contribution in [0.4, 0.5) is 0 Å². The summed E-state index contributed by atoms with van der Waals surface area (Å²) in [6.45, 7) is 3.33. The van der Waals surface area contributed by atoms with Crippen molar-refractivity contribution in [2.24, 2.45) is 0 Å². The van der Waals surface area contributed by atoms with Gasteiger partial charge in [-0.1, -0.05) is 6.92 Å². The van der Waals surface area contributed by atoms with Gasteiger partial charge in [0.2, 0.25) is 5.91 Å². The summed E-state index contributed by atoms with van der Waals surface area (Å²) >= 11 is 5.10. The molecule has 1 heterocycles. The maximum Gasteiger partial charge on any atom is 0.240 e. The monoisotopic (exact) mass is 243 g/mol. The maximum absolute atomic E-state index is 11.6. The SMILES string of the molecule is CCc1c[nH]c(=S)n1CC(=O)NCCOC. The molecule has 90 valence electrons. The Balaban J connectivity index is 2.55. The van der Waals surface area contributed by atoms with Gasteiger partial charge in [0.15, 0.2) is 4.77 Å². The number of nitrogens with one attached hydrogen (secondary N) is 2. The van der Waals surface area contributed by atoms with Gasteiger partial charge in [-0.15, -0.1) is 0 Å². The zero-order valence-corrected chi connectivity index (χ0v) is 10.4. The van der Waals surface area contributed by atoms with Crippen LogP contribution < -0.4 is 5.32 Å². The van der Waals surface area contributed by atoms with Crippen molar-refractivity contribution in [2.45, 2.75) is 19.9 Å². The number of hydrogen-bond donors (Lipinski definition) is 2. The van der Waals surface area contributed by atoms with E-state index in [-0.39, 0.29) is 12.5 Å². The molecule has 1 aromatic rings. The second kappa shape index (κ2) is 6.44. The number of nitrogens with zero attached hydrogens (tertiary/aromatic N) is 1. The molecular weight excluding hydrogens is 226 g/mol. The molecule has 2 N–H and O–H groups in total. The first kappa shape index (κ1) is 12.9. The number of aryl methyl sites for hydroxylation is 1. The second-order valence-corrected chi connectivity index (χ2v) is 3.75. The number of methoxy groups -OCH3 is 1. The van der Waals surface area contributed by atoms with Crippen molar-refractivity contribution in [2.75, 3.05) is 20.3 Å². The molecule has 0 fully saturated rings. The highest BCUT2D eigenvalue weighted by Crippen LogP contribution is 2.02. The number of imidazole rings is 1. The van der Waals surface area contributed by atoms with Gasteiger partial charge in [0.1, 0.15) is 6.54 Å². The van der Waals surface area contributed by atoms with Crippen molar-refractivity contribution in [3.63, 3.8) is 0 Å². The standard InChI is InChI=1S/C10H17N3O2S/c1-3-8-6-12-10(16)13(8)7-9(14)11-4-5-15-2/h6H,3-5,7H2,1-2H3,(H,11,14)(H,12,16). The van der Waals surface area contributed by atoms with Crippen LogP contribution in [-0.4, -0.2) is 35.7 Å². The molecule has 0 aliphatic carbocycles. The minimum atomic E-state index is -0.0533. The van der Waals surface area contributed by atoms with Gasteiger partial charge in [0.05, 0.1) is 6.61 Å². The number of carbonyl (C=O) groups excluding carboxylic acids is 1. The molecule has 0 bridgehead atoms. The highest BCUT2D eigenvalue weighted by Gasteiger charge is 2.06. The fourth-order valence-corrected chi connectivity index (χ4v) is 1.63. The third-order valence-corrected chi connectivity index (χ3v) is 2.58. The van der Waals surface area contributed by atoms with E-state index < -0.39 is 0 Å². The Labute approximate surface area is 99.8 Å². The fourth-order valence-electron chi connectivity index (χ4n) is 1.39. The van der Waals surface area contributed by atoms with Crippen LogP contribution in [0.2, 0.25) is 0 Å². The Morgan fingerprint density at radius 1 is 1.69 bits per heavy atom. The van der Waals surface area contributed by atoms with Gasteiger partial charge in [-0.2, -0.15) is 0 Å². The molecule has 1 rings (SSSR count). The molecule has 0 aromatic carbocycles. The van der Waals surface area contributed by atoms with E-state index in [1.807, 2.05) is 13.1 Å². The summed E-state index contributed by atoms with van der Waals surface area (Å²) in [5.41, 5.74) is 1.03. The average Bonchev–Trinajstić information content (AvgIpc) is 2.61. The number of aromatic amines is 1. The van der Waals surface area contributed by atoms with Crippen LogP contribution in [0.15, 0.2) is 6.20 Å². The molecule has 0 unspecified atom stereocenters. The first-order valence-corrected chi connectivity index (χ1v) is 5.62. The van der Waals surface area contributed by atoms with Crippen molar-refractivity contribution in [3.8, 4) is 0 Å². The molecule has 0 radical (unpaired) electrons. The van der Waals surface area contributed by atoms with E-state index in [9.17, 15) is 4.79 Å². The highest BCUT2D eigenvalue weighted by molar-refractivity contribution is 7.71. The zero-order chi connectivity index (χ0) is 12.0. The van der Waals surface area contributed by atoms with E-state index in [0.29, 0.717) is 17.9 Å². The normalized spacial score (nSPS) is 10.4. The lowest BCUT2D eigenvalue weighted by Crippen LogP contribution is -2.30. The summed E-state index contributed by atoms with van der Waals surface area (Å²) in [4.78, 5) is 14.5. The number of hydrogen-bond acceptors (Lipinski definition) is 3. The molecule has 0 saturated carbocycles. The molecule has 1 amide bonds. The summed E-state index contributed by atoms with van der Waals surface area (Å²) in [5.74, 6) is -0.0533. The lowest BCUT2D eigenvalue weighted by Gasteiger charge is -2.07. The average molecular weight is 243 g/mol. The van der Waals surface area contributed by atoms with Crippen LogP contribution in [0.1, 0.15) is 12.6 Å². The van der Waals surface area contributed by atoms with Crippen LogP contribution in [0.25, 0.3) is 0 Å². The number of ether oxygens (including phenoxy) is 1. The Morgan fingerprint density at radius 3 is 3.06 bits per heavy atom. The number of H-pyrrole nitrogens is 1. The summed E-state index contributed by atoms with van der Waals surface area (Å²) in [7, 11) is 1.60. The Morgan fingerprint density at radius 2 is 2.44 bits per heavy atom. The van der Waals surface area contributed by atoms with Crippen LogP contribution in [0.3, 0.4) is 0 Å². The first-order chi connectivity index (χ1) is 7.69. The third kappa shape index (κ3) is 3.46. The topological polar surface area (TPSA) is 59.0 Å². The summed E-state index contributed by atoms with van der Waals surface area (Å²) < 4.78 is 7.23. The van der Waals surface area contributed by atoms with Gasteiger partial charge in [-0.05, 0) is 18.6 Å². The molecule has 0 saturated heterocycles. The number of rotatable bonds is 6. The number of carbonyl (C=O) groups is 1. The summed E-state index contributed by atoms with van der Waals surface area (Å²) in [6, 6.07) is 0. The van der Waals surface area contributed by atoms with Gasteiger partial charge in [-0.3, -0.25) is 4.79 Å². The predicted octanol–water partition coefficient (Wildman–Crippen LogP) is 0.871. The minimum absolute atomic E-state index is 0.0533. The van der Waals surface area contributed by atoms with Crippen LogP contribution in [0.5, 0.6) is 0 Å². The Bertz CT molecular complexity index is 397. The minimum Gasteiger partial charge on any atom is -0.383 e. The zero-order valence-electron chi connectivity index (χ0n) is 9.58. The van der Waals surface area contributed by atoms with E-state index >= 15 is 0 Å². The van der Waals surface area contributed by atoms with Crippen molar-refractivity contribution in [3.05, 3.63) is 16.7 Å². The molecule has 1 aromatic heterocycles. The third-order valence-electron chi connectivity index (χ3n) is 2.25. The molecular formula is C10H17N3O2S. The lowest BCUT2D eigenvalue weighted by atomic mass is 10.3. The molecule has 6 heteroatoms. The lowest BCUT2D eigenvalue weighted by molar-refractivity contribution is -0.121. The van der Waals surface area contributed by atoms with E-state index in [0.717, 1.165) is 12.1 Å². The number of aromatic nitrogens is 2. The molecule has 16 heavy (non-hydrogen) atoms. The van der Waals surface area contributed by atoms with E-state index in [2.05, 4.69) is 10.3 Å². The van der Waals surface area contributed by atoms with Gasteiger partial charge < -0.3 is 19.6 Å². The number of amides is 1. The van der Waals surface area contributed by atoms with E-state index in [1.165, 1.54) is 0 Å². The predicted molar refractivity (Wildman–Crippen MR) is 63.9 cm³/mol. The van der Waals surface area contributed by atoms with Gasteiger partial charge >= 0.3 is 0 Å². The van der Waals surface area contributed by atoms with Crippen LogP contribution in [-0.2, 0) is 22.5 Å². The van der Waals surface area contributed by atoms with E-state index in [1.54, 1.807) is 11.7 Å². The quantitative estimate of drug-likeness (QED) is 0.576. The van der Waals surface area contributed by atoms with Crippen molar-refractivity contribution in [1.29, 1.82) is 0 Å². The summed E-state index contributed by atoms with van der Waals surface area (Å²) in [6.07, 6.45) is 2.68. The van der Waals surface area contributed by atoms with E-state index in [4.69, 9.17) is 17.0 Å². The molecule has 5 nitrogen and oxygen atoms in total. The van der Waals surface area contributed by atoms with Crippen molar-refractivity contribution < 1.29 is 9.53 Å². The smallest absolute Gasteiger partial charge is 0.240 e. The van der Waals surface area contributed by atoms with Crippen molar-refractivity contribution in [1.82, 2.24) is 14.9 Å². The molecule has 0 aliphatic rings. The molecule has 0 atom stereocenters. The van der Waals surface area contributed by atoms with Gasteiger partial charge in [0.25, 0.3) is 0 Å². The Hall–Kier alpha value is -1.14. The largest absolute Gasteiger partial charge is 0.383 e. The van der Waals surface area contributed by atoms with Crippen LogP contribution in [0, 0.1) is 4.77 Å². The second-order valence-electron chi connectivity index (χ2n) is 3.37. The Kier molecular flexibility index (Phi) is 5.21. The molecule has 0 aliphatic heterocycles. The van der Waals surface area contributed by atoms with Gasteiger partial charge in [0, 0.05) is 25.5 Å². The fraction of sp³-hybridized carbons (Fsp3) is 0.600.